The summed E-state index contributed by atoms with van der Waals surface area (Å²) in [7, 11) is -3.71. The maximum absolute atomic E-state index is 12.6. The molecule has 0 radical (unpaired) electrons. The smallest absolute Gasteiger partial charge is 0.285 e. The molecule has 1 aromatic heterocycles. The first kappa shape index (κ1) is 22.3. The van der Waals surface area contributed by atoms with Crippen molar-refractivity contribution in [1.82, 2.24) is 4.98 Å². The molecule has 0 bridgehead atoms. The number of carbonyl (C=O) groups is 1. The molecule has 1 aliphatic heterocycles. The predicted octanol–water partition coefficient (Wildman–Crippen LogP) is 4.47. The van der Waals surface area contributed by atoms with Gasteiger partial charge < -0.3 is 15.4 Å². The van der Waals surface area contributed by atoms with Crippen LogP contribution in [0.5, 0.6) is 5.88 Å². The van der Waals surface area contributed by atoms with E-state index in [0.29, 0.717) is 35.0 Å². The highest BCUT2D eigenvalue weighted by Crippen LogP contribution is 2.26. The Hall–Kier alpha value is -4.50. The number of amidine groups is 1. The second-order valence-corrected chi connectivity index (χ2v) is 9.30. The van der Waals surface area contributed by atoms with Gasteiger partial charge in [0.25, 0.3) is 15.9 Å². The van der Waals surface area contributed by atoms with E-state index in [-0.39, 0.29) is 16.6 Å². The number of rotatable bonds is 6. The number of ether oxygens (including phenoxy) is 1. The Kier molecular flexibility index (Phi) is 5.99. The Morgan fingerprint density at radius 3 is 2.29 bits per heavy atom. The van der Waals surface area contributed by atoms with Gasteiger partial charge in [-0.05, 0) is 48.0 Å². The van der Waals surface area contributed by atoms with E-state index in [0.717, 1.165) is 5.56 Å². The minimum atomic E-state index is -3.71. The number of hydrogen-bond acceptors (Lipinski definition) is 6. The van der Waals surface area contributed by atoms with Crippen LogP contribution in [0.4, 0.5) is 11.4 Å². The van der Waals surface area contributed by atoms with Crippen molar-refractivity contribution in [2.24, 2.45) is 4.40 Å². The van der Waals surface area contributed by atoms with Gasteiger partial charge in [-0.1, -0.05) is 42.5 Å². The number of hydrogen-bond donors (Lipinski definition) is 2. The highest BCUT2D eigenvalue weighted by molar-refractivity contribution is 7.90. The van der Waals surface area contributed by atoms with E-state index in [1.54, 1.807) is 54.6 Å². The fourth-order valence-electron chi connectivity index (χ4n) is 3.51. The molecule has 4 aromatic rings. The zero-order chi connectivity index (χ0) is 24.3. The zero-order valence-corrected chi connectivity index (χ0v) is 19.2. The topological polar surface area (TPSA) is 110 Å². The van der Waals surface area contributed by atoms with E-state index >= 15 is 0 Å². The normalized spacial score (nSPS) is 13.4. The number of sulfonamides is 1. The van der Waals surface area contributed by atoms with Crippen molar-refractivity contribution in [3.05, 3.63) is 114 Å². The van der Waals surface area contributed by atoms with E-state index < -0.39 is 10.0 Å². The molecule has 0 spiro atoms. The molecule has 1 aliphatic rings. The molecule has 0 saturated heterocycles. The number of pyridine rings is 1. The van der Waals surface area contributed by atoms with Gasteiger partial charge in [-0.2, -0.15) is 8.42 Å². The molecule has 174 valence electrons. The Morgan fingerprint density at radius 1 is 0.829 bits per heavy atom. The van der Waals surface area contributed by atoms with Crippen LogP contribution in [0.3, 0.4) is 0 Å². The van der Waals surface area contributed by atoms with Gasteiger partial charge in [0, 0.05) is 22.9 Å². The fraction of sp³-hybridized carbons (Fsp3) is 0.0385. The van der Waals surface area contributed by atoms with E-state index in [1.807, 2.05) is 30.3 Å². The van der Waals surface area contributed by atoms with Crippen LogP contribution in [0, 0.1) is 0 Å². The number of nitrogens with zero attached hydrogens (tertiary/aromatic N) is 2. The number of aromatic nitrogens is 1. The van der Waals surface area contributed by atoms with Crippen LogP contribution < -0.4 is 15.4 Å². The van der Waals surface area contributed by atoms with Gasteiger partial charge in [-0.3, -0.25) is 4.79 Å². The molecule has 2 N–H and O–H groups in total. The second kappa shape index (κ2) is 9.40. The number of fused-ring (bicyclic) bond motifs is 1. The first-order valence-electron chi connectivity index (χ1n) is 10.7. The third-order valence-corrected chi connectivity index (χ3v) is 6.60. The highest BCUT2D eigenvalue weighted by Gasteiger charge is 2.28. The third kappa shape index (κ3) is 5.04. The molecule has 8 nitrogen and oxygen atoms in total. The highest BCUT2D eigenvalue weighted by atomic mass is 32.2. The van der Waals surface area contributed by atoms with Gasteiger partial charge in [0.05, 0.1) is 11.9 Å². The first-order chi connectivity index (χ1) is 17.0. The summed E-state index contributed by atoms with van der Waals surface area (Å²) in [5.74, 6) is 0.404. The van der Waals surface area contributed by atoms with Gasteiger partial charge >= 0.3 is 0 Å². The molecule has 3 aromatic carbocycles. The average molecular weight is 485 g/mol. The fourth-order valence-corrected chi connectivity index (χ4v) is 4.69. The third-order valence-electron chi connectivity index (χ3n) is 5.27. The van der Waals surface area contributed by atoms with Crippen LogP contribution in [0.15, 0.2) is 106 Å². The first-order valence-corrected chi connectivity index (χ1v) is 12.2. The van der Waals surface area contributed by atoms with E-state index in [1.165, 1.54) is 12.3 Å². The lowest BCUT2D eigenvalue weighted by molar-refractivity contribution is 0.102. The maximum Gasteiger partial charge on any atom is 0.285 e. The van der Waals surface area contributed by atoms with Crippen LogP contribution in [0.2, 0.25) is 0 Å². The Morgan fingerprint density at radius 2 is 1.54 bits per heavy atom. The van der Waals surface area contributed by atoms with Gasteiger partial charge in [0.1, 0.15) is 11.5 Å². The van der Waals surface area contributed by atoms with Crippen molar-refractivity contribution in [1.29, 1.82) is 0 Å². The summed E-state index contributed by atoms with van der Waals surface area (Å²) in [6, 6.07) is 26.5. The number of nitrogens with one attached hydrogen (secondary N) is 2. The molecule has 0 unspecified atom stereocenters. The van der Waals surface area contributed by atoms with Crippen molar-refractivity contribution in [3.8, 4) is 5.88 Å². The Labute approximate surface area is 202 Å². The number of anilines is 2. The number of amides is 1. The van der Waals surface area contributed by atoms with Crippen LogP contribution in [0.1, 0.15) is 21.5 Å². The summed E-state index contributed by atoms with van der Waals surface area (Å²) in [5, 5.41) is 5.81. The van der Waals surface area contributed by atoms with Crippen molar-refractivity contribution in [2.75, 3.05) is 10.6 Å². The lowest BCUT2D eigenvalue weighted by Gasteiger charge is -2.09. The van der Waals surface area contributed by atoms with Crippen LogP contribution in [-0.2, 0) is 16.6 Å². The summed E-state index contributed by atoms with van der Waals surface area (Å²) in [5.41, 5.74) is 3.12. The summed E-state index contributed by atoms with van der Waals surface area (Å²) in [4.78, 5) is 17.0. The van der Waals surface area contributed by atoms with Crippen LogP contribution in [0.25, 0.3) is 0 Å². The summed E-state index contributed by atoms with van der Waals surface area (Å²) in [6.45, 7) is 0.407. The predicted molar refractivity (Wildman–Crippen MR) is 133 cm³/mol. The van der Waals surface area contributed by atoms with E-state index in [9.17, 15) is 13.2 Å². The average Bonchev–Trinajstić information content (AvgIpc) is 3.14. The second-order valence-electron chi connectivity index (χ2n) is 7.73. The minimum Gasteiger partial charge on any atom is -0.473 e. The quantitative estimate of drug-likeness (QED) is 0.418. The molecule has 5 rings (SSSR count). The van der Waals surface area contributed by atoms with E-state index in [2.05, 4.69) is 20.0 Å². The van der Waals surface area contributed by atoms with Gasteiger partial charge in [0.15, 0.2) is 5.84 Å². The van der Waals surface area contributed by atoms with Crippen molar-refractivity contribution in [3.63, 3.8) is 0 Å². The number of benzene rings is 3. The summed E-state index contributed by atoms with van der Waals surface area (Å²) in [6.07, 6.45) is 1.53. The minimum absolute atomic E-state index is 0.170. The molecule has 1 amide bonds. The molecule has 2 heterocycles. The molecule has 9 heteroatoms. The lowest BCUT2D eigenvalue weighted by atomic mass is 10.1. The van der Waals surface area contributed by atoms with Crippen molar-refractivity contribution >= 4 is 33.1 Å². The maximum atomic E-state index is 12.6. The van der Waals surface area contributed by atoms with Gasteiger partial charge in [-0.15, -0.1) is 4.40 Å². The summed E-state index contributed by atoms with van der Waals surface area (Å²) >= 11 is 0. The molecule has 0 saturated carbocycles. The Balaban J connectivity index is 1.20. The zero-order valence-electron chi connectivity index (χ0n) is 18.4. The molecule has 0 aliphatic carbocycles. The van der Waals surface area contributed by atoms with Crippen LogP contribution in [-0.4, -0.2) is 25.1 Å². The standard InChI is InChI=1S/C26H20N4O4S/c31-26(29-21-14-15-24(27-16-21)34-17-18-6-2-1-3-7-18)19-10-12-20(13-11-19)28-25-22-8-4-5-9-23(22)35(32,33)30-25/h1-16H,17H2,(H,28,30)(H,29,31). The molecule has 0 fully saturated rings. The van der Waals surface area contributed by atoms with Crippen molar-refractivity contribution in [2.45, 2.75) is 11.5 Å². The summed E-state index contributed by atoms with van der Waals surface area (Å²) < 4.78 is 33.9. The van der Waals surface area contributed by atoms with Crippen molar-refractivity contribution < 1.29 is 17.9 Å². The van der Waals surface area contributed by atoms with Crippen LogP contribution >= 0.6 is 0 Å². The van der Waals surface area contributed by atoms with E-state index in [4.69, 9.17) is 4.74 Å². The molecular weight excluding hydrogens is 464 g/mol. The SMILES string of the molecule is O=C(Nc1ccc(OCc2ccccc2)nc1)c1ccc(NC2=NS(=O)(=O)c3ccccc32)cc1. The Bertz CT molecular complexity index is 1500. The molecule has 0 atom stereocenters. The van der Waals surface area contributed by atoms with Gasteiger partial charge in [0.2, 0.25) is 5.88 Å². The van der Waals surface area contributed by atoms with Gasteiger partial charge in [-0.25, -0.2) is 4.98 Å². The molecular formula is C26H20N4O4S. The largest absolute Gasteiger partial charge is 0.473 e. The number of carbonyl (C=O) groups excluding carboxylic acids is 1. The molecule has 35 heavy (non-hydrogen) atoms. The lowest BCUT2D eigenvalue weighted by Crippen LogP contribution is -2.13. The monoisotopic (exact) mass is 484 g/mol.